The van der Waals surface area contributed by atoms with Gasteiger partial charge < -0.3 is 4.98 Å². The summed E-state index contributed by atoms with van der Waals surface area (Å²) >= 11 is 0. The van der Waals surface area contributed by atoms with Gasteiger partial charge in [0, 0.05) is 23.7 Å². The Balaban J connectivity index is 0.000000154. The molecule has 3 heteroatoms. The number of aromatic nitrogens is 3. The summed E-state index contributed by atoms with van der Waals surface area (Å²) < 4.78 is 0. The van der Waals surface area contributed by atoms with Crippen molar-refractivity contribution in [1.82, 2.24) is 15.0 Å². The Morgan fingerprint density at radius 1 is 0.905 bits per heavy atom. The van der Waals surface area contributed by atoms with Crippen molar-refractivity contribution in [2.24, 2.45) is 0 Å². The molecular formula is C18H23N3. The molecule has 21 heavy (non-hydrogen) atoms. The van der Waals surface area contributed by atoms with Gasteiger partial charge in [-0.25, -0.2) is 4.98 Å². The Hall–Kier alpha value is -2.16. The highest BCUT2D eigenvalue weighted by Gasteiger charge is 2.06. The number of nitrogens with zero attached hydrogens (tertiary/aromatic N) is 2. The van der Waals surface area contributed by atoms with Gasteiger partial charge in [-0.3, -0.25) is 4.98 Å². The van der Waals surface area contributed by atoms with Gasteiger partial charge in [-0.15, -0.1) is 0 Å². The zero-order valence-corrected chi connectivity index (χ0v) is 13.2. The molecule has 0 saturated heterocycles. The Kier molecular flexibility index (Phi) is 5.09. The molecule has 0 saturated carbocycles. The maximum atomic E-state index is 4.45. The van der Waals surface area contributed by atoms with Gasteiger partial charge in [0.15, 0.2) is 0 Å². The van der Waals surface area contributed by atoms with Crippen LogP contribution in [0.1, 0.15) is 51.0 Å². The number of nitrogens with one attached hydrogen (secondary N) is 1. The predicted molar refractivity (Wildman–Crippen MR) is 88.5 cm³/mol. The molecule has 0 atom stereocenters. The lowest BCUT2D eigenvalue weighted by atomic mass is 10.1. The predicted octanol–water partition coefficient (Wildman–Crippen LogP) is 4.89. The van der Waals surface area contributed by atoms with E-state index in [1.165, 1.54) is 5.39 Å². The number of pyridine rings is 1. The summed E-state index contributed by atoms with van der Waals surface area (Å²) in [5, 5.41) is 1.20. The van der Waals surface area contributed by atoms with Crippen molar-refractivity contribution in [3.8, 4) is 0 Å². The van der Waals surface area contributed by atoms with E-state index in [4.69, 9.17) is 0 Å². The zero-order chi connectivity index (χ0) is 15.2. The average Bonchev–Trinajstić information content (AvgIpc) is 2.98. The lowest BCUT2D eigenvalue weighted by Gasteiger charge is -1.98. The number of H-pyrrole nitrogens is 1. The second-order valence-corrected chi connectivity index (χ2v) is 5.72. The monoisotopic (exact) mass is 281 g/mol. The molecule has 0 radical (unpaired) electrons. The molecule has 0 bridgehead atoms. The minimum Gasteiger partial charge on any atom is -0.348 e. The second kappa shape index (κ2) is 7.02. The summed E-state index contributed by atoms with van der Waals surface area (Å²) in [4.78, 5) is 11.8. The quantitative estimate of drug-likeness (QED) is 0.726. The van der Waals surface area contributed by atoms with Crippen molar-refractivity contribution in [1.29, 1.82) is 0 Å². The Morgan fingerprint density at radius 3 is 2.19 bits per heavy atom. The van der Waals surface area contributed by atoms with Gasteiger partial charge >= 0.3 is 0 Å². The molecule has 0 aliphatic rings. The fourth-order valence-electron chi connectivity index (χ4n) is 1.96. The molecule has 0 aliphatic carbocycles. The van der Waals surface area contributed by atoms with Crippen molar-refractivity contribution in [2.45, 2.75) is 39.5 Å². The van der Waals surface area contributed by atoms with Gasteiger partial charge in [0.1, 0.15) is 5.82 Å². The van der Waals surface area contributed by atoms with E-state index in [9.17, 15) is 0 Å². The topological polar surface area (TPSA) is 41.6 Å². The third-order valence-electron chi connectivity index (χ3n) is 3.27. The molecule has 0 amide bonds. The van der Waals surface area contributed by atoms with E-state index < -0.39 is 0 Å². The normalized spacial score (nSPS) is 10.8. The first-order chi connectivity index (χ1) is 10.1. The summed E-state index contributed by atoms with van der Waals surface area (Å²) in [5.74, 6) is 2.12. The number of hydrogen-bond donors (Lipinski definition) is 1. The number of rotatable bonds is 2. The van der Waals surface area contributed by atoms with E-state index in [2.05, 4.69) is 54.8 Å². The van der Waals surface area contributed by atoms with Crippen LogP contribution in [-0.4, -0.2) is 15.0 Å². The molecule has 3 nitrogen and oxygen atoms in total. The first-order valence-corrected chi connectivity index (χ1v) is 7.43. The molecule has 0 unspecified atom stereocenters. The van der Waals surface area contributed by atoms with Crippen molar-refractivity contribution >= 4 is 10.9 Å². The van der Waals surface area contributed by atoms with Crippen LogP contribution in [0.4, 0.5) is 0 Å². The first-order valence-electron chi connectivity index (χ1n) is 7.43. The number of para-hydroxylation sites is 1. The number of benzene rings is 1. The minimum atomic E-state index is 0.502. The molecule has 0 spiro atoms. The van der Waals surface area contributed by atoms with Crippen LogP contribution in [0, 0.1) is 0 Å². The molecule has 0 aliphatic heterocycles. The lowest BCUT2D eigenvalue weighted by molar-refractivity contribution is 0.771. The molecular weight excluding hydrogens is 258 g/mol. The third-order valence-corrected chi connectivity index (χ3v) is 3.27. The first kappa shape index (κ1) is 15.2. The van der Waals surface area contributed by atoms with Crippen LogP contribution in [0.3, 0.4) is 0 Å². The molecule has 110 valence electrons. The van der Waals surface area contributed by atoms with Crippen molar-refractivity contribution in [3.63, 3.8) is 0 Å². The van der Waals surface area contributed by atoms with E-state index in [-0.39, 0.29) is 0 Å². The highest BCUT2D eigenvalue weighted by atomic mass is 14.9. The highest BCUT2D eigenvalue weighted by Crippen LogP contribution is 2.15. The highest BCUT2D eigenvalue weighted by molar-refractivity contribution is 5.77. The van der Waals surface area contributed by atoms with Crippen LogP contribution in [0.2, 0.25) is 0 Å². The molecule has 1 aromatic carbocycles. The summed E-state index contributed by atoms with van der Waals surface area (Å²) in [6, 6.07) is 12.1. The standard InChI is InChI=1S/C9H16N2.C9H7N/c1-6(2)8-5-10-9(11-8)7(3)4;1-2-6-9-8(4-1)5-3-7-10-9/h5-7H,1-4H3,(H,10,11);1-7H. The van der Waals surface area contributed by atoms with Crippen molar-refractivity contribution in [2.75, 3.05) is 0 Å². The molecule has 0 fully saturated rings. The SMILES string of the molecule is CC(C)c1c[nH]c(C(C)C)n1.c1ccc2ncccc2c1. The van der Waals surface area contributed by atoms with Crippen LogP contribution in [0.5, 0.6) is 0 Å². The summed E-state index contributed by atoms with van der Waals surface area (Å²) in [6.45, 7) is 8.59. The number of fused-ring (bicyclic) bond motifs is 1. The van der Waals surface area contributed by atoms with Crippen molar-refractivity contribution < 1.29 is 0 Å². The summed E-state index contributed by atoms with van der Waals surface area (Å²) in [5.41, 5.74) is 2.22. The van der Waals surface area contributed by atoms with Gasteiger partial charge in [-0.05, 0) is 18.1 Å². The van der Waals surface area contributed by atoms with Gasteiger partial charge in [0.05, 0.1) is 11.2 Å². The van der Waals surface area contributed by atoms with E-state index in [0.29, 0.717) is 11.8 Å². The lowest BCUT2D eigenvalue weighted by Crippen LogP contribution is -1.91. The Labute approximate surface area is 126 Å². The summed E-state index contributed by atoms with van der Waals surface area (Å²) in [6.07, 6.45) is 3.81. The van der Waals surface area contributed by atoms with Gasteiger partial charge in [0.2, 0.25) is 0 Å². The fourth-order valence-corrected chi connectivity index (χ4v) is 1.96. The van der Waals surface area contributed by atoms with Crippen LogP contribution in [0.15, 0.2) is 48.8 Å². The summed E-state index contributed by atoms with van der Waals surface area (Å²) in [7, 11) is 0. The Bertz CT molecular complexity index is 596. The number of imidazole rings is 1. The van der Waals surface area contributed by atoms with Crippen LogP contribution in [-0.2, 0) is 0 Å². The molecule has 2 aromatic heterocycles. The molecule has 2 heterocycles. The van der Waals surface area contributed by atoms with Gasteiger partial charge in [0.25, 0.3) is 0 Å². The van der Waals surface area contributed by atoms with E-state index >= 15 is 0 Å². The maximum absolute atomic E-state index is 4.45. The van der Waals surface area contributed by atoms with Crippen molar-refractivity contribution in [3.05, 3.63) is 60.3 Å². The zero-order valence-electron chi connectivity index (χ0n) is 13.2. The van der Waals surface area contributed by atoms with Crippen LogP contribution in [0.25, 0.3) is 10.9 Å². The number of aromatic amines is 1. The largest absolute Gasteiger partial charge is 0.348 e. The molecule has 3 rings (SSSR count). The molecule has 3 aromatic rings. The average molecular weight is 281 g/mol. The van der Waals surface area contributed by atoms with E-state index in [0.717, 1.165) is 17.0 Å². The molecule has 1 N–H and O–H groups in total. The van der Waals surface area contributed by atoms with E-state index in [1.807, 2.05) is 36.7 Å². The second-order valence-electron chi connectivity index (χ2n) is 5.72. The smallest absolute Gasteiger partial charge is 0.108 e. The third kappa shape index (κ3) is 4.15. The Morgan fingerprint density at radius 2 is 1.62 bits per heavy atom. The fraction of sp³-hybridized carbons (Fsp3) is 0.333. The van der Waals surface area contributed by atoms with E-state index in [1.54, 1.807) is 0 Å². The van der Waals surface area contributed by atoms with Crippen LogP contribution >= 0.6 is 0 Å². The number of hydrogen-bond acceptors (Lipinski definition) is 2. The van der Waals surface area contributed by atoms with Gasteiger partial charge in [-0.1, -0.05) is 52.0 Å². The van der Waals surface area contributed by atoms with Gasteiger partial charge in [-0.2, -0.15) is 0 Å². The van der Waals surface area contributed by atoms with Crippen LogP contribution < -0.4 is 0 Å². The maximum Gasteiger partial charge on any atom is 0.108 e. The minimum absolute atomic E-state index is 0.502.